The predicted octanol–water partition coefficient (Wildman–Crippen LogP) is 2.34. The molecule has 0 aliphatic rings. The number of nitrogens with one attached hydrogen (secondary N) is 1. The summed E-state index contributed by atoms with van der Waals surface area (Å²) in [5, 5.41) is 10.3. The lowest BCUT2D eigenvalue weighted by Crippen LogP contribution is -1.94. The van der Waals surface area contributed by atoms with Crippen molar-refractivity contribution >= 4 is 11.0 Å². The van der Waals surface area contributed by atoms with E-state index in [1.54, 1.807) is 6.07 Å². The number of benzene rings is 2. The summed E-state index contributed by atoms with van der Waals surface area (Å²) in [4.78, 5) is 0. The van der Waals surface area contributed by atoms with Crippen LogP contribution in [0.5, 0.6) is 5.75 Å². The number of rotatable bonds is 3. The molecule has 4 heteroatoms. The highest BCUT2D eigenvalue weighted by Crippen LogP contribution is 2.17. The minimum atomic E-state index is 0.543. The van der Waals surface area contributed by atoms with Crippen molar-refractivity contribution in [2.45, 2.75) is 6.61 Å². The van der Waals surface area contributed by atoms with Crippen molar-refractivity contribution < 1.29 is 4.74 Å². The molecule has 4 nitrogen and oxygen atoms in total. The third kappa shape index (κ3) is 2.10. The lowest BCUT2D eigenvalue weighted by molar-refractivity contribution is 0.306. The van der Waals surface area contributed by atoms with Gasteiger partial charge in [0, 0.05) is 12.1 Å². The Morgan fingerprint density at radius 2 is 2.12 bits per heavy atom. The molecule has 0 unspecified atom stereocenters. The second-order valence-corrected chi connectivity index (χ2v) is 3.68. The van der Waals surface area contributed by atoms with Crippen molar-refractivity contribution in [2.75, 3.05) is 0 Å². The monoisotopic (exact) mass is 224 g/mol. The lowest BCUT2D eigenvalue weighted by atomic mass is 10.2. The van der Waals surface area contributed by atoms with Gasteiger partial charge in [0.15, 0.2) is 0 Å². The molecule has 1 radical (unpaired) electrons. The Hall–Kier alpha value is -2.36. The van der Waals surface area contributed by atoms with Crippen LogP contribution in [0.15, 0.2) is 42.5 Å². The van der Waals surface area contributed by atoms with Gasteiger partial charge in [-0.15, -0.1) is 5.10 Å². The van der Waals surface area contributed by atoms with Gasteiger partial charge >= 0.3 is 0 Å². The van der Waals surface area contributed by atoms with Crippen molar-refractivity contribution in [2.24, 2.45) is 0 Å². The first-order valence-electron chi connectivity index (χ1n) is 5.31. The van der Waals surface area contributed by atoms with E-state index in [-0.39, 0.29) is 0 Å². The quantitative estimate of drug-likeness (QED) is 0.742. The second kappa shape index (κ2) is 4.25. The molecule has 0 bridgehead atoms. The third-order valence-electron chi connectivity index (χ3n) is 2.46. The maximum atomic E-state index is 5.66. The van der Waals surface area contributed by atoms with Crippen molar-refractivity contribution in [3.8, 4) is 5.75 Å². The maximum absolute atomic E-state index is 5.66. The Kier molecular flexibility index (Phi) is 2.46. The second-order valence-electron chi connectivity index (χ2n) is 3.68. The van der Waals surface area contributed by atoms with Crippen LogP contribution in [0.25, 0.3) is 11.0 Å². The van der Waals surface area contributed by atoms with Gasteiger partial charge in [0.05, 0.1) is 5.52 Å². The summed E-state index contributed by atoms with van der Waals surface area (Å²) < 4.78 is 5.66. The molecular weight excluding hydrogens is 214 g/mol. The van der Waals surface area contributed by atoms with Gasteiger partial charge in [0.1, 0.15) is 17.9 Å². The predicted molar refractivity (Wildman–Crippen MR) is 63.5 cm³/mol. The average molecular weight is 224 g/mol. The molecule has 3 aromatic rings. The fourth-order valence-electron chi connectivity index (χ4n) is 1.59. The van der Waals surface area contributed by atoms with Gasteiger partial charge in [-0.25, -0.2) is 0 Å². The van der Waals surface area contributed by atoms with Crippen LogP contribution >= 0.6 is 0 Å². The van der Waals surface area contributed by atoms with Crippen molar-refractivity contribution in [1.29, 1.82) is 0 Å². The summed E-state index contributed by atoms with van der Waals surface area (Å²) in [6, 6.07) is 16.7. The Morgan fingerprint density at radius 3 is 3.00 bits per heavy atom. The van der Waals surface area contributed by atoms with E-state index in [1.807, 2.05) is 36.4 Å². The molecule has 17 heavy (non-hydrogen) atoms. The molecule has 0 atom stereocenters. The summed E-state index contributed by atoms with van der Waals surface area (Å²) in [6.07, 6.45) is 0. The molecule has 83 valence electrons. The molecule has 1 aromatic heterocycles. The number of aromatic nitrogens is 3. The molecule has 1 heterocycles. The molecule has 0 aliphatic carbocycles. The average Bonchev–Trinajstić information content (AvgIpc) is 2.85. The fourth-order valence-corrected chi connectivity index (χ4v) is 1.59. The molecule has 0 saturated carbocycles. The Balaban J connectivity index is 1.76. The van der Waals surface area contributed by atoms with E-state index in [0.29, 0.717) is 6.61 Å². The molecule has 3 rings (SSSR count). The fraction of sp³-hybridized carbons (Fsp3) is 0.0769. The Labute approximate surface area is 98.2 Å². The number of hydrogen-bond acceptors (Lipinski definition) is 3. The highest BCUT2D eigenvalue weighted by molar-refractivity contribution is 5.74. The number of fused-ring (bicyclic) bond motifs is 1. The topological polar surface area (TPSA) is 50.8 Å². The molecule has 0 amide bonds. The first-order valence-corrected chi connectivity index (χ1v) is 5.31. The summed E-state index contributed by atoms with van der Waals surface area (Å²) in [7, 11) is 0. The lowest BCUT2D eigenvalue weighted by Gasteiger charge is -2.05. The number of H-pyrrole nitrogens is 1. The summed E-state index contributed by atoms with van der Waals surface area (Å²) in [5.74, 6) is 0.757. The van der Waals surface area contributed by atoms with Gasteiger partial charge in [-0.05, 0) is 11.6 Å². The summed E-state index contributed by atoms with van der Waals surface area (Å²) >= 11 is 0. The van der Waals surface area contributed by atoms with Crippen LogP contribution in [0.4, 0.5) is 0 Å². The van der Waals surface area contributed by atoms with Crippen molar-refractivity contribution in [1.82, 2.24) is 15.4 Å². The van der Waals surface area contributed by atoms with Crippen LogP contribution in [-0.2, 0) is 6.61 Å². The van der Waals surface area contributed by atoms with E-state index >= 15 is 0 Å². The van der Waals surface area contributed by atoms with E-state index in [2.05, 4.69) is 21.5 Å². The van der Waals surface area contributed by atoms with E-state index in [1.165, 1.54) is 0 Å². The van der Waals surface area contributed by atoms with E-state index in [9.17, 15) is 0 Å². The van der Waals surface area contributed by atoms with Crippen LogP contribution in [0.3, 0.4) is 0 Å². The minimum Gasteiger partial charge on any atom is -0.489 e. The van der Waals surface area contributed by atoms with Crippen LogP contribution in [0.1, 0.15) is 5.56 Å². The van der Waals surface area contributed by atoms with Crippen LogP contribution in [0.2, 0.25) is 0 Å². The highest BCUT2D eigenvalue weighted by Gasteiger charge is 2.00. The molecular formula is C13H10N3O. The Morgan fingerprint density at radius 1 is 1.24 bits per heavy atom. The maximum Gasteiger partial charge on any atom is 0.122 e. The van der Waals surface area contributed by atoms with Crippen LogP contribution in [0, 0.1) is 6.07 Å². The van der Waals surface area contributed by atoms with Gasteiger partial charge < -0.3 is 4.74 Å². The van der Waals surface area contributed by atoms with Gasteiger partial charge in [-0.2, -0.15) is 0 Å². The molecule has 0 fully saturated rings. The van der Waals surface area contributed by atoms with Crippen molar-refractivity contribution in [3.63, 3.8) is 0 Å². The number of hydrogen-bond donors (Lipinski definition) is 1. The van der Waals surface area contributed by atoms with E-state index < -0.39 is 0 Å². The van der Waals surface area contributed by atoms with Gasteiger partial charge in [-0.1, -0.05) is 35.5 Å². The third-order valence-corrected chi connectivity index (χ3v) is 2.46. The largest absolute Gasteiger partial charge is 0.489 e. The zero-order chi connectivity index (χ0) is 11.5. The van der Waals surface area contributed by atoms with Gasteiger partial charge in [0.25, 0.3) is 0 Å². The normalized spacial score (nSPS) is 10.6. The minimum absolute atomic E-state index is 0.543. The SMILES string of the molecule is [c]1cc(OCc2ccccc2)cc2[nH]nnc12. The summed E-state index contributed by atoms with van der Waals surface area (Å²) in [6.45, 7) is 0.543. The van der Waals surface area contributed by atoms with E-state index in [0.717, 1.165) is 22.3 Å². The van der Waals surface area contributed by atoms with Crippen LogP contribution < -0.4 is 4.74 Å². The van der Waals surface area contributed by atoms with E-state index in [4.69, 9.17) is 4.74 Å². The first-order chi connectivity index (χ1) is 8.42. The molecule has 1 N–H and O–H groups in total. The zero-order valence-electron chi connectivity index (χ0n) is 9.05. The molecule has 0 spiro atoms. The zero-order valence-corrected chi connectivity index (χ0v) is 9.05. The number of aromatic amines is 1. The van der Waals surface area contributed by atoms with Gasteiger partial charge in [0.2, 0.25) is 0 Å². The molecule has 0 saturated heterocycles. The van der Waals surface area contributed by atoms with Crippen molar-refractivity contribution in [3.05, 3.63) is 54.1 Å². The standard InChI is InChI=1S/C13H10N3O/c1-2-4-10(5-3-1)9-17-11-6-7-12-13(8-11)15-16-14-12/h1-6,8H,9H2,(H,14,15,16). The summed E-state index contributed by atoms with van der Waals surface area (Å²) in [5.41, 5.74) is 2.68. The molecule has 2 aromatic carbocycles. The first kappa shape index (κ1) is 9.84. The van der Waals surface area contributed by atoms with Gasteiger partial charge in [-0.3, -0.25) is 5.10 Å². The smallest absolute Gasteiger partial charge is 0.122 e. The Bertz CT molecular complexity index is 619. The van der Waals surface area contributed by atoms with Crippen LogP contribution in [-0.4, -0.2) is 15.4 Å². The highest BCUT2D eigenvalue weighted by atomic mass is 16.5. The molecule has 0 aliphatic heterocycles. The number of nitrogens with zero attached hydrogens (tertiary/aromatic N) is 2. The number of ether oxygens (including phenoxy) is 1.